The van der Waals surface area contributed by atoms with E-state index in [1.54, 1.807) is 11.0 Å². The SMILES string of the molecule is C=CCN(CCC=O)C(C)=O. The van der Waals surface area contributed by atoms with Crippen LogP contribution in [0.3, 0.4) is 0 Å². The highest BCUT2D eigenvalue weighted by molar-refractivity contribution is 5.73. The minimum atomic E-state index is -0.0215. The van der Waals surface area contributed by atoms with Crippen molar-refractivity contribution in [1.82, 2.24) is 4.90 Å². The Morgan fingerprint density at radius 3 is 2.64 bits per heavy atom. The van der Waals surface area contributed by atoms with Gasteiger partial charge < -0.3 is 9.69 Å². The first-order valence-electron chi connectivity index (χ1n) is 3.52. The van der Waals surface area contributed by atoms with E-state index < -0.39 is 0 Å². The molecule has 0 aliphatic rings. The highest BCUT2D eigenvalue weighted by Gasteiger charge is 2.04. The number of amides is 1. The average Bonchev–Trinajstić information content (AvgIpc) is 1.97. The number of carbonyl (C=O) groups excluding carboxylic acids is 2. The molecule has 0 aliphatic heterocycles. The van der Waals surface area contributed by atoms with Crippen molar-refractivity contribution in [1.29, 1.82) is 0 Å². The number of aldehydes is 1. The summed E-state index contributed by atoms with van der Waals surface area (Å²) in [5.41, 5.74) is 0. The zero-order chi connectivity index (χ0) is 8.69. The van der Waals surface area contributed by atoms with Crippen molar-refractivity contribution in [3.63, 3.8) is 0 Å². The van der Waals surface area contributed by atoms with E-state index in [9.17, 15) is 9.59 Å². The zero-order valence-electron chi connectivity index (χ0n) is 6.75. The molecule has 0 aromatic heterocycles. The maximum atomic E-state index is 10.8. The molecule has 62 valence electrons. The van der Waals surface area contributed by atoms with Crippen molar-refractivity contribution in [2.75, 3.05) is 13.1 Å². The molecule has 0 unspecified atom stereocenters. The summed E-state index contributed by atoms with van der Waals surface area (Å²) >= 11 is 0. The Kier molecular flexibility index (Phi) is 5.07. The summed E-state index contributed by atoms with van der Waals surface area (Å²) in [6.45, 7) is 6.00. The molecule has 0 fully saturated rings. The van der Waals surface area contributed by atoms with Gasteiger partial charge in [-0.2, -0.15) is 0 Å². The minimum absolute atomic E-state index is 0.0215. The molecule has 0 aromatic carbocycles. The van der Waals surface area contributed by atoms with E-state index >= 15 is 0 Å². The second kappa shape index (κ2) is 5.65. The third kappa shape index (κ3) is 4.31. The molecule has 0 aliphatic carbocycles. The molecular formula is C8H13NO2. The van der Waals surface area contributed by atoms with Gasteiger partial charge in [0.05, 0.1) is 0 Å². The topological polar surface area (TPSA) is 37.4 Å². The normalized spacial score (nSPS) is 8.82. The van der Waals surface area contributed by atoms with Gasteiger partial charge in [0.2, 0.25) is 5.91 Å². The molecule has 0 atom stereocenters. The summed E-state index contributed by atoms with van der Waals surface area (Å²) in [5, 5.41) is 0. The molecule has 0 N–H and O–H groups in total. The number of hydrogen-bond acceptors (Lipinski definition) is 2. The van der Waals surface area contributed by atoms with Crippen LogP contribution in [-0.4, -0.2) is 30.2 Å². The predicted octanol–water partition coefficient (Wildman–Crippen LogP) is 0.610. The third-order valence-electron chi connectivity index (χ3n) is 1.31. The predicted molar refractivity (Wildman–Crippen MR) is 43.1 cm³/mol. The van der Waals surface area contributed by atoms with Gasteiger partial charge in [0.1, 0.15) is 6.29 Å². The van der Waals surface area contributed by atoms with Gasteiger partial charge in [-0.05, 0) is 0 Å². The van der Waals surface area contributed by atoms with E-state index in [-0.39, 0.29) is 5.91 Å². The fraction of sp³-hybridized carbons (Fsp3) is 0.500. The molecule has 0 radical (unpaired) electrons. The Labute approximate surface area is 66.7 Å². The zero-order valence-corrected chi connectivity index (χ0v) is 6.75. The molecule has 0 bridgehead atoms. The highest BCUT2D eigenvalue weighted by Crippen LogP contribution is 1.90. The molecule has 0 spiro atoms. The van der Waals surface area contributed by atoms with Gasteiger partial charge in [0.25, 0.3) is 0 Å². The standard InChI is InChI=1S/C8H13NO2/c1-3-5-9(8(2)11)6-4-7-10/h3,7H,1,4-6H2,2H3. The Balaban J connectivity index is 3.77. The molecule has 0 saturated heterocycles. The van der Waals surface area contributed by atoms with Gasteiger partial charge in [-0.1, -0.05) is 6.08 Å². The summed E-state index contributed by atoms with van der Waals surface area (Å²) in [5.74, 6) is -0.0215. The first kappa shape index (κ1) is 9.88. The van der Waals surface area contributed by atoms with Crippen LogP contribution in [-0.2, 0) is 9.59 Å². The Morgan fingerprint density at radius 2 is 2.27 bits per heavy atom. The lowest BCUT2D eigenvalue weighted by Crippen LogP contribution is -2.29. The number of carbonyl (C=O) groups is 2. The largest absolute Gasteiger partial charge is 0.339 e. The molecule has 0 heterocycles. The van der Waals surface area contributed by atoms with E-state index in [0.717, 1.165) is 6.29 Å². The van der Waals surface area contributed by atoms with E-state index in [2.05, 4.69) is 6.58 Å². The Morgan fingerprint density at radius 1 is 1.64 bits per heavy atom. The van der Waals surface area contributed by atoms with Crippen LogP contribution in [0.1, 0.15) is 13.3 Å². The molecule has 0 aromatic rings. The van der Waals surface area contributed by atoms with Gasteiger partial charge in [-0.25, -0.2) is 0 Å². The van der Waals surface area contributed by atoms with Crippen LogP contribution < -0.4 is 0 Å². The fourth-order valence-corrected chi connectivity index (χ4v) is 0.742. The van der Waals surface area contributed by atoms with Crippen molar-refractivity contribution >= 4 is 12.2 Å². The summed E-state index contributed by atoms with van der Waals surface area (Å²) in [4.78, 5) is 22.3. The molecule has 3 nitrogen and oxygen atoms in total. The molecular weight excluding hydrogens is 142 g/mol. The number of hydrogen-bond donors (Lipinski definition) is 0. The lowest BCUT2D eigenvalue weighted by Gasteiger charge is -2.16. The van der Waals surface area contributed by atoms with Crippen LogP contribution in [0.2, 0.25) is 0 Å². The van der Waals surface area contributed by atoms with Gasteiger partial charge >= 0.3 is 0 Å². The maximum Gasteiger partial charge on any atom is 0.219 e. The van der Waals surface area contributed by atoms with Gasteiger partial charge in [0.15, 0.2) is 0 Å². The number of rotatable bonds is 5. The third-order valence-corrected chi connectivity index (χ3v) is 1.31. The second-order valence-electron chi connectivity index (χ2n) is 2.21. The van der Waals surface area contributed by atoms with Crippen LogP contribution in [0, 0.1) is 0 Å². The van der Waals surface area contributed by atoms with Crippen molar-refractivity contribution in [2.24, 2.45) is 0 Å². The van der Waals surface area contributed by atoms with Crippen molar-refractivity contribution in [3.8, 4) is 0 Å². The van der Waals surface area contributed by atoms with E-state index in [1.165, 1.54) is 6.92 Å². The summed E-state index contributed by atoms with van der Waals surface area (Å²) in [6, 6.07) is 0. The molecule has 3 heteroatoms. The lowest BCUT2D eigenvalue weighted by molar-refractivity contribution is -0.128. The monoisotopic (exact) mass is 155 g/mol. The first-order valence-corrected chi connectivity index (χ1v) is 3.52. The maximum absolute atomic E-state index is 10.8. The first-order chi connectivity index (χ1) is 5.22. The average molecular weight is 155 g/mol. The number of nitrogens with zero attached hydrogens (tertiary/aromatic N) is 1. The molecule has 11 heavy (non-hydrogen) atoms. The van der Waals surface area contributed by atoms with Crippen LogP contribution >= 0.6 is 0 Å². The molecule has 0 rings (SSSR count). The van der Waals surface area contributed by atoms with Crippen LogP contribution in [0.15, 0.2) is 12.7 Å². The van der Waals surface area contributed by atoms with Crippen molar-refractivity contribution < 1.29 is 9.59 Å². The van der Waals surface area contributed by atoms with Crippen molar-refractivity contribution in [3.05, 3.63) is 12.7 Å². The van der Waals surface area contributed by atoms with Gasteiger partial charge in [-0.15, -0.1) is 6.58 Å². The molecule has 0 saturated carbocycles. The van der Waals surface area contributed by atoms with Gasteiger partial charge in [0, 0.05) is 26.4 Å². The summed E-state index contributed by atoms with van der Waals surface area (Å²) < 4.78 is 0. The van der Waals surface area contributed by atoms with E-state index in [0.29, 0.717) is 19.5 Å². The molecule has 1 amide bonds. The Bertz CT molecular complexity index is 154. The second-order valence-corrected chi connectivity index (χ2v) is 2.21. The lowest BCUT2D eigenvalue weighted by atomic mass is 10.4. The van der Waals surface area contributed by atoms with Crippen LogP contribution in [0.4, 0.5) is 0 Å². The van der Waals surface area contributed by atoms with E-state index in [4.69, 9.17) is 0 Å². The summed E-state index contributed by atoms with van der Waals surface area (Å²) in [6.07, 6.45) is 2.85. The van der Waals surface area contributed by atoms with Crippen LogP contribution in [0.25, 0.3) is 0 Å². The Hall–Kier alpha value is -1.12. The quantitative estimate of drug-likeness (QED) is 0.431. The minimum Gasteiger partial charge on any atom is -0.339 e. The fourth-order valence-electron chi connectivity index (χ4n) is 0.742. The smallest absolute Gasteiger partial charge is 0.219 e. The summed E-state index contributed by atoms with van der Waals surface area (Å²) in [7, 11) is 0. The van der Waals surface area contributed by atoms with Gasteiger partial charge in [-0.3, -0.25) is 4.79 Å². The van der Waals surface area contributed by atoms with E-state index in [1.807, 2.05) is 0 Å². The van der Waals surface area contributed by atoms with Crippen LogP contribution in [0.5, 0.6) is 0 Å². The van der Waals surface area contributed by atoms with Crippen molar-refractivity contribution in [2.45, 2.75) is 13.3 Å². The highest BCUT2D eigenvalue weighted by atomic mass is 16.2.